The fraction of sp³-hybridized carbons (Fsp3) is 0.280. The van der Waals surface area contributed by atoms with E-state index in [4.69, 9.17) is 25.5 Å². The van der Waals surface area contributed by atoms with Crippen molar-refractivity contribution in [2.75, 3.05) is 13.2 Å². The zero-order chi connectivity index (χ0) is 26.0. The number of urea groups is 1. The number of halogens is 1. The molecule has 0 radical (unpaired) electrons. The fourth-order valence-corrected chi connectivity index (χ4v) is 3.96. The van der Waals surface area contributed by atoms with E-state index in [-0.39, 0.29) is 30.0 Å². The lowest BCUT2D eigenvalue weighted by atomic mass is 10.0. The van der Waals surface area contributed by atoms with Crippen LogP contribution in [0.4, 0.5) is 4.79 Å². The van der Waals surface area contributed by atoms with Crippen LogP contribution in [0.25, 0.3) is 5.69 Å². The standard InChI is InChI=1S/C25H25ClN4O6/c1-5-34-24(32)20-18(27-25(33)28-22(20)19-11-6-13(2)36-19)12-35-23(31)16-7-9-17(10-8-16)30-15(4)21(26)14(3)29-30/h6-11,22H,5,12H2,1-4H3,(H2,27,28,33)/t22-/m0/s1. The molecule has 4 rings (SSSR count). The second kappa shape index (κ2) is 10.3. The van der Waals surface area contributed by atoms with Crippen molar-refractivity contribution in [3.05, 3.63) is 81.2 Å². The lowest BCUT2D eigenvalue weighted by Crippen LogP contribution is -2.47. The molecular formula is C25H25ClN4O6. The Labute approximate surface area is 212 Å². The molecule has 36 heavy (non-hydrogen) atoms. The number of furan rings is 1. The van der Waals surface area contributed by atoms with Gasteiger partial charge in [-0.25, -0.2) is 19.1 Å². The van der Waals surface area contributed by atoms with Crippen molar-refractivity contribution in [3.8, 4) is 5.69 Å². The lowest BCUT2D eigenvalue weighted by Gasteiger charge is -2.27. The summed E-state index contributed by atoms with van der Waals surface area (Å²) in [5, 5.41) is 10.2. The van der Waals surface area contributed by atoms with E-state index in [0.717, 1.165) is 11.4 Å². The molecule has 1 aromatic carbocycles. The topological polar surface area (TPSA) is 125 Å². The summed E-state index contributed by atoms with van der Waals surface area (Å²) in [5.74, 6) is -0.334. The first-order chi connectivity index (χ1) is 17.2. The summed E-state index contributed by atoms with van der Waals surface area (Å²) in [4.78, 5) is 37.8. The number of benzene rings is 1. The SMILES string of the molecule is CCOC(=O)C1=C(COC(=O)c2ccc(-n3nc(C)c(Cl)c3C)cc2)NC(=O)N[C@H]1c1ccc(C)o1. The molecule has 1 aliphatic heterocycles. The minimum atomic E-state index is -0.896. The Hall–Kier alpha value is -4.05. The molecule has 188 valence electrons. The molecule has 0 fully saturated rings. The average molecular weight is 513 g/mol. The number of nitrogens with one attached hydrogen (secondary N) is 2. The zero-order valence-electron chi connectivity index (χ0n) is 20.2. The minimum absolute atomic E-state index is 0.0929. The molecular weight excluding hydrogens is 488 g/mol. The van der Waals surface area contributed by atoms with Crippen molar-refractivity contribution in [3.63, 3.8) is 0 Å². The maximum Gasteiger partial charge on any atom is 0.338 e. The van der Waals surface area contributed by atoms with E-state index in [1.165, 1.54) is 0 Å². The normalized spacial score (nSPS) is 15.4. The van der Waals surface area contributed by atoms with E-state index >= 15 is 0 Å². The van der Waals surface area contributed by atoms with Gasteiger partial charge in [-0.2, -0.15) is 5.10 Å². The molecule has 2 aromatic heterocycles. The molecule has 0 unspecified atom stereocenters. The number of esters is 2. The number of nitrogens with zero attached hydrogens (tertiary/aromatic N) is 2. The van der Waals surface area contributed by atoms with E-state index < -0.39 is 24.0 Å². The maximum absolute atomic E-state index is 12.8. The van der Waals surface area contributed by atoms with Gasteiger partial charge >= 0.3 is 18.0 Å². The third-order valence-corrected chi connectivity index (χ3v) is 6.14. The molecule has 1 atom stereocenters. The Morgan fingerprint density at radius 1 is 1.08 bits per heavy atom. The second-order valence-electron chi connectivity index (χ2n) is 8.11. The van der Waals surface area contributed by atoms with Gasteiger partial charge in [0, 0.05) is 0 Å². The van der Waals surface area contributed by atoms with E-state index in [2.05, 4.69) is 15.7 Å². The number of aryl methyl sites for hydroxylation is 2. The van der Waals surface area contributed by atoms with E-state index in [0.29, 0.717) is 22.2 Å². The van der Waals surface area contributed by atoms with Gasteiger partial charge in [0.2, 0.25) is 0 Å². The number of aromatic nitrogens is 2. The Morgan fingerprint density at radius 2 is 1.81 bits per heavy atom. The van der Waals surface area contributed by atoms with Crippen LogP contribution >= 0.6 is 11.6 Å². The van der Waals surface area contributed by atoms with Gasteiger partial charge in [-0.15, -0.1) is 0 Å². The third kappa shape index (κ3) is 4.99. The minimum Gasteiger partial charge on any atom is -0.464 e. The van der Waals surface area contributed by atoms with Crippen LogP contribution in [0.1, 0.15) is 46.2 Å². The summed E-state index contributed by atoms with van der Waals surface area (Å²) in [7, 11) is 0. The highest BCUT2D eigenvalue weighted by molar-refractivity contribution is 6.31. The number of rotatable bonds is 7. The third-order valence-electron chi connectivity index (χ3n) is 5.59. The van der Waals surface area contributed by atoms with Crippen molar-refractivity contribution in [1.29, 1.82) is 0 Å². The highest BCUT2D eigenvalue weighted by atomic mass is 35.5. The van der Waals surface area contributed by atoms with Gasteiger partial charge < -0.3 is 24.5 Å². The first-order valence-corrected chi connectivity index (χ1v) is 11.6. The lowest BCUT2D eigenvalue weighted by molar-refractivity contribution is -0.139. The quantitative estimate of drug-likeness (QED) is 0.457. The summed E-state index contributed by atoms with van der Waals surface area (Å²) >= 11 is 6.22. The van der Waals surface area contributed by atoms with Crippen molar-refractivity contribution in [2.24, 2.45) is 0 Å². The van der Waals surface area contributed by atoms with Crippen LogP contribution in [0.15, 0.2) is 52.1 Å². The van der Waals surface area contributed by atoms with Crippen LogP contribution in [-0.2, 0) is 14.3 Å². The van der Waals surface area contributed by atoms with Crippen LogP contribution in [0.3, 0.4) is 0 Å². The Balaban J connectivity index is 1.56. The van der Waals surface area contributed by atoms with Crippen LogP contribution in [0.2, 0.25) is 5.02 Å². The molecule has 1 aliphatic rings. The Kier molecular flexibility index (Phi) is 7.16. The second-order valence-corrected chi connectivity index (χ2v) is 8.49. The molecule has 2 N–H and O–H groups in total. The molecule has 0 aliphatic carbocycles. The predicted octanol–water partition coefficient (Wildman–Crippen LogP) is 4.07. The van der Waals surface area contributed by atoms with Gasteiger partial charge in [0.15, 0.2) is 0 Å². The summed E-state index contributed by atoms with van der Waals surface area (Å²) < 4.78 is 17.9. The summed E-state index contributed by atoms with van der Waals surface area (Å²) in [6.07, 6.45) is 0. The molecule has 0 bridgehead atoms. The summed E-state index contributed by atoms with van der Waals surface area (Å²) in [6, 6.07) is 8.54. The van der Waals surface area contributed by atoms with Gasteiger partial charge in [-0.3, -0.25) is 0 Å². The highest BCUT2D eigenvalue weighted by Crippen LogP contribution is 2.29. The average Bonchev–Trinajstić information content (AvgIpc) is 3.40. The zero-order valence-corrected chi connectivity index (χ0v) is 20.9. The Bertz CT molecular complexity index is 1360. The molecule has 0 spiro atoms. The summed E-state index contributed by atoms with van der Waals surface area (Å²) in [6.45, 7) is 6.85. The largest absolute Gasteiger partial charge is 0.464 e. The fourth-order valence-electron chi connectivity index (χ4n) is 3.84. The number of amides is 2. The molecule has 3 aromatic rings. The van der Waals surface area contributed by atoms with Crippen LogP contribution in [0.5, 0.6) is 0 Å². The van der Waals surface area contributed by atoms with Gasteiger partial charge in [0.25, 0.3) is 0 Å². The molecule has 3 heterocycles. The van der Waals surface area contributed by atoms with Crippen LogP contribution in [-0.4, -0.2) is 41.0 Å². The van der Waals surface area contributed by atoms with Crippen LogP contribution < -0.4 is 10.6 Å². The van der Waals surface area contributed by atoms with Crippen molar-refractivity contribution in [1.82, 2.24) is 20.4 Å². The van der Waals surface area contributed by atoms with Crippen molar-refractivity contribution >= 4 is 29.6 Å². The maximum atomic E-state index is 12.8. The number of carbonyl (C=O) groups is 3. The molecule has 0 saturated carbocycles. The monoisotopic (exact) mass is 512 g/mol. The van der Waals surface area contributed by atoms with Gasteiger partial charge in [-0.05, 0) is 64.1 Å². The first kappa shape index (κ1) is 25.1. The van der Waals surface area contributed by atoms with E-state index in [9.17, 15) is 14.4 Å². The molecule has 10 nitrogen and oxygen atoms in total. The number of hydrogen-bond acceptors (Lipinski definition) is 7. The van der Waals surface area contributed by atoms with E-state index in [1.807, 2.05) is 13.8 Å². The highest BCUT2D eigenvalue weighted by Gasteiger charge is 2.36. The van der Waals surface area contributed by atoms with Gasteiger partial charge in [-0.1, -0.05) is 11.6 Å². The summed E-state index contributed by atoms with van der Waals surface area (Å²) in [5.41, 5.74) is 2.70. The Morgan fingerprint density at radius 3 is 2.39 bits per heavy atom. The smallest absolute Gasteiger partial charge is 0.338 e. The van der Waals surface area contributed by atoms with Gasteiger partial charge in [0.1, 0.15) is 24.2 Å². The van der Waals surface area contributed by atoms with Crippen LogP contribution in [0, 0.1) is 20.8 Å². The first-order valence-electron chi connectivity index (χ1n) is 11.2. The molecule has 11 heteroatoms. The number of hydrogen-bond donors (Lipinski definition) is 2. The predicted molar refractivity (Wildman–Crippen MR) is 130 cm³/mol. The molecule has 2 amide bonds. The number of ether oxygens (including phenoxy) is 2. The van der Waals surface area contributed by atoms with E-state index in [1.54, 1.807) is 54.9 Å². The van der Waals surface area contributed by atoms with Crippen molar-refractivity contribution in [2.45, 2.75) is 33.7 Å². The number of carbonyl (C=O) groups excluding carboxylic acids is 3. The van der Waals surface area contributed by atoms with Gasteiger partial charge in [0.05, 0.1) is 45.5 Å². The van der Waals surface area contributed by atoms with Crippen molar-refractivity contribution < 1.29 is 28.3 Å². The molecule has 0 saturated heterocycles.